The second-order valence-electron chi connectivity index (χ2n) is 5.67. The molecule has 3 rings (SSSR count). The fourth-order valence-corrected chi connectivity index (χ4v) is 3.10. The van der Waals surface area contributed by atoms with Crippen molar-refractivity contribution in [3.05, 3.63) is 18.3 Å². The lowest BCUT2D eigenvalue weighted by Gasteiger charge is -2.29. The second kappa shape index (κ2) is 6.24. The molecule has 0 unspecified atom stereocenters. The van der Waals surface area contributed by atoms with Crippen LogP contribution in [0.3, 0.4) is 0 Å². The van der Waals surface area contributed by atoms with Crippen LogP contribution in [0, 0.1) is 5.92 Å². The Morgan fingerprint density at radius 1 is 1.26 bits per heavy atom. The first-order valence-electron chi connectivity index (χ1n) is 7.57. The van der Waals surface area contributed by atoms with E-state index in [1.165, 1.54) is 31.4 Å². The summed E-state index contributed by atoms with van der Waals surface area (Å²) in [5.41, 5.74) is 1.30. The molecule has 1 aliphatic carbocycles. The third-order valence-electron chi connectivity index (χ3n) is 4.27. The molecular weight excluding hydrogens is 236 g/mol. The minimum Gasteiger partial charge on any atom is -0.370 e. The highest BCUT2D eigenvalue weighted by molar-refractivity contribution is 5.54. The van der Waals surface area contributed by atoms with E-state index < -0.39 is 0 Å². The molecular formula is C15H24N4. The molecule has 4 heteroatoms. The SMILES string of the molecule is c1cc(N2CCNCC2)cc(NCC2CCCC2)n1. The van der Waals surface area contributed by atoms with Crippen molar-refractivity contribution in [2.75, 3.05) is 42.9 Å². The lowest BCUT2D eigenvalue weighted by Crippen LogP contribution is -2.43. The molecule has 0 atom stereocenters. The van der Waals surface area contributed by atoms with E-state index in [4.69, 9.17) is 0 Å². The van der Waals surface area contributed by atoms with E-state index in [-0.39, 0.29) is 0 Å². The fraction of sp³-hybridized carbons (Fsp3) is 0.667. The van der Waals surface area contributed by atoms with Crippen molar-refractivity contribution < 1.29 is 0 Å². The Bertz CT molecular complexity index is 395. The summed E-state index contributed by atoms with van der Waals surface area (Å²) in [6.07, 6.45) is 7.49. The van der Waals surface area contributed by atoms with E-state index in [1.807, 2.05) is 6.20 Å². The summed E-state index contributed by atoms with van der Waals surface area (Å²) in [4.78, 5) is 6.87. The minimum atomic E-state index is 0.852. The molecule has 1 aromatic rings. The van der Waals surface area contributed by atoms with Gasteiger partial charge in [0, 0.05) is 50.7 Å². The van der Waals surface area contributed by atoms with Crippen molar-refractivity contribution in [3.63, 3.8) is 0 Å². The van der Waals surface area contributed by atoms with Crippen LogP contribution in [0.5, 0.6) is 0 Å². The lowest BCUT2D eigenvalue weighted by molar-refractivity contribution is 0.578. The van der Waals surface area contributed by atoms with Crippen LogP contribution in [0.1, 0.15) is 25.7 Å². The maximum atomic E-state index is 4.44. The summed E-state index contributed by atoms with van der Waals surface area (Å²) in [5, 5.41) is 6.90. The Morgan fingerprint density at radius 2 is 2.05 bits per heavy atom. The van der Waals surface area contributed by atoms with Gasteiger partial charge in [0.15, 0.2) is 0 Å². The summed E-state index contributed by atoms with van der Waals surface area (Å²) >= 11 is 0. The molecule has 2 heterocycles. The summed E-state index contributed by atoms with van der Waals surface area (Å²) in [5.74, 6) is 1.88. The lowest BCUT2D eigenvalue weighted by atomic mass is 10.1. The van der Waals surface area contributed by atoms with E-state index in [0.717, 1.165) is 44.5 Å². The van der Waals surface area contributed by atoms with Gasteiger partial charge in [-0.1, -0.05) is 12.8 Å². The largest absolute Gasteiger partial charge is 0.370 e. The Labute approximate surface area is 115 Å². The van der Waals surface area contributed by atoms with E-state index in [0.29, 0.717) is 0 Å². The smallest absolute Gasteiger partial charge is 0.127 e. The molecule has 0 spiro atoms. The molecule has 1 saturated heterocycles. The summed E-state index contributed by atoms with van der Waals surface area (Å²) in [6.45, 7) is 5.41. The molecule has 4 nitrogen and oxygen atoms in total. The molecule has 104 valence electrons. The quantitative estimate of drug-likeness (QED) is 0.870. The van der Waals surface area contributed by atoms with Gasteiger partial charge in [-0.15, -0.1) is 0 Å². The van der Waals surface area contributed by atoms with Crippen LogP contribution >= 0.6 is 0 Å². The molecule has 0 aromatic carbocycles. The van der Waals surface area contributed by atoms with Crippen molar-refractivity contribution in [1.29, 1.82) is 0 Å². The number of piperazine rings is 1. The first-order chi connectivity index (χ1) is 9.42. The fourth-order valence-electron chi connectivity index (χ4n) is 3.10. The predicted molar refractivity (Wildman–Crippen MR) is 79.8 cm³/mol. The molecule has 1 saturated carbocycles. The van der Waals surface area contributed by atoms with E-state index in [2.05, 4.69) is 32.7 Å². The molecule has 0 amide bonds. The molecule has 2 aliphatic rings. The second-order valence-corrected chi connectivity index (χ2v) is 5.67. The Hall–Kier alpha value is -1.29. The number of pyridine rings is 1. The first-order valence-corrected chi connectivity index (χ1v) is 7.57. The van der Waals surface area contributed by atoms with Crippen molar-refractivity contribution in [3.8, 4) is 0 Å². The molecule has 1 aromatic heterocycles. The maximum absolute atomic E-state index is 4.44. The van der Waals surface area contributed by atoms with Gasteiger partial charge in [0.2, 0.25) is 0 Å². The molecule has 2 N–H and O–H groups in total. The van der Waals surface area contributed by atoms with Crippen LogP contribution in [-0.4, -0.2) is 37.7 Å². The highest BCUT2D eigenvalue weighted by atomic mass is 15.2. The van der Waals surface area contributed by atoms with Gasteiger partial charge in [0.05, 0.1) is 0 Å². The number of nitrogens with zero attached hydrogens (tertiary/aromatic N) is 2. The van der Waals surface area contributed by atoms with Gasteiger partial charge in [0.25, 0.3) is 0 Å². The summed E-state index contributed by atoms with van der Waals surface area (Å²) in [6, 6.07) is 4.31. The number of aromatic nitrogens is 1. The van der Waals surface area contributed by atoms with Crippen molar-refractivity contribution in [2.24, 2.45) is 5.92 Å². The number of nitrogens with one attached hydrogen (secondary N) is 2. The maximum Gasteiger partial charge on any atom is 0.127 e. The van der Waals surface area contributed by atoms with Gasteiger partial charge >= 0.3 is 0 Å². The normalized spacial score (nSPS) is 20.7. The zero-order valence-electron chi connectivity index (χ0n) is 11.6. The van der Waals surface area contributed by atoms with Gasteiger partial charge < -0.3 is 15.5 Å². The third kappa shape index (κ3) is 3.38. The third-order valence-corrected chi connectivity index (χ3v) is 4.27. The Morgan fingerprint density at radius 3 is 2.84 bits per heavy atom. The molecule has 1 aliphatic heterocycles. The van der Waals surface area contributed by atoms with Gasteiger partial charge in [-0.25, -0.2) is 4.98 Å². The zero-order valence-corrected chi connectivity index (χ0v) is 11.6. The monoisotopic (exact) mass is 260 g/mol. The average molecular weight is 260 g/mol. The Kier molecular flexibility index (Phi) is 4.18. The van der Waals surface area contributed by atoms with Gasteiger partial charge in [0.1, 0.15) is 5.82 Å². The Balaban J connectivity index is 1.58. The first kappa shape index (κ1) is 12.7. The van der Waals surface area contributed by atoms with Crippen LogP contribution in [0.25, 0.3) is 0 Å². The van der Waals surface area contributed by atoms with E-state index >= 15 is 0 Å². The summed E-state index contributed by atoms with van der Waals surface area (Å²) in [7, 11) is 0. The number of anilines is 2. The summed E-state index contributed by atoms with van der Waals surface area (Å²) < 4.78 is 0. The van der Waals surface area contributed by atoms with Crippen molar-refractivity contribution in [2.45, 2.75) is 25.7 Å². The highest BCUT2D eigenvalue weighted by Gasteiger charge is 2.15. The highest BCUT2D eigenvalue weighted by Crippen LogP contribution is 2.25. The topological polar surface area (TPSA) is 40.2 Å². The van der Waals surface area contributed by atoms with Crippen LogP contribution < -0.4 is 15.5 Å². The number of hydrogen-bond donors (Lipinski definition) is 2. The van der Waals surface area contributed by atoms with Crippen LogP contribution in [0.2, 0.25) is 0 Å². The van der Waals surface area contributed by atoms with Gasteiger partial charge in [-0.2, -0.15) is 0 Å². The predicted octanol–water partition coefficient (Wildman–Crippen LogP) is 2.09. The molecule has 19 heavy (non-hydrogen) atoms. The van der Waals surface area contributed by atoms with E-state index in [9.17, 15) is 0 Å². The van der Waals surface area contributed by atoms with Crippen LogP contribution in [0.15, 0.2) is 18.3 Å². The van der Waals surface area contributed by atoms with Gasteiger partial charge in [-0.05, 0) is 24.8 Å². The standard InChI is InChI=1S/C15H24N4/c1-2-4-13(3-1)12-18-15-11-14(5-6-17-15)19-9-7-16-8-10-19/h5-6,11,13,16H,1-4,7-10,12H2,(H,17,18). The number of hydrogen-bond acceptors (Lipinski definition) is 4. The van der Waals surface area contributed by atoms with E-state index in [1.54, 1.807) is 0 Å². The van der Waals surface area contributed by atoms with Crippen LogP contribution in [0.4, 0.5) is 11.5 Å². The van der Waals surface area contributed by atoms with Crippen LogP contribution in [-0.2, 0) is 0 Å². The molecule has 0 bridgehead atoms. The average Bonchev–Trinajstić information content (AvgIpc) is 3.00. The minimum absolute atomic E-state index is 0.852. The van der Waals surface area contributed by atoms with Gasteiger partial charge in [-0.3, -0.25) is 0 Å². The molecule has 2 fully saturated rings. The zero-order chi connectivity index (χ0) is 12.9. The number of rotatable bonds is 4. The van der Waals surface area contributed by atoms with Crippen molar-refractivity contribution in [1.82, 2.24) is 10.3 Å². The van der Waals surface area contributed by atoms with Crippen molar-refractivity contribution >= 4 is 11.5 Å². The molecule has 0 radical (unpaired) electrons.